The zero-order valence-electron chi connectivity index (χ0n) is 12.0. The van der Waals surface area contributed by atoms with Crippen LogP contribution in [-0.4, -0.2) is 64.3 Å². The summed E-state index contributed by atoms with van der Waals surface area (Å²) < 4.78 is 0. The van der Waals surface area contributed by atoms with E-state index in [0.717, 1.165) is 19.3 Å². The van der Waals surface area contributed by atoms with Gasteiger partial charge in [0.05, 0.1) is 6.10 Å². The Morgan fingerprint density at radius 2 is 1.70 bits per heavy atom. The van der Waals surface area contributed by atoms with Crippen LogP contribution in [0.25, 0.3) is 0 Å². The van der Waals surface area contributed by atoms with Gasteiger partial charge in [-0.1, -0.05) is 6.92 Å². The van der Waals surface area contributed by atoms with E-state index in [2.05, 4.69) is 0 Å². The molecule has 2 atom stereocenters. The quantitative estimate of drug-likeness (QED) is 0.792. The van der Waals surface area contributed by atoms with Crippen LogP contribution in [0.1, 0.15) is 32.6 Å². The summed E-state index contributed by atoms with van der Waals surface area (Å²) in [4.78, 5) is 26.6. The van der Waals surface area contributed by atoms with Crippen molar-refractivity contribution >= 4 is 12.0 Å². The highest BCUT2D eigenvalue weighted by atomic mass is 16.4. The maximum Gasteiger partial charge on any atom is 0.320 e. The van der Waals surface area contributed by atoms with Gasteiger partial charge < -0.3 is 20.0 Å². The predicted octanol–water partition coefficient (Wildman–Crippen LogP) is 0.996. The molecule has 6 nitrogen and oxygen atoms in total. The van der Waals surface area contributed by atoms with Crippen molar-refractivity contribution < 1.29 is 19.8 Å². The summed E-state index contributed by atoms with van der Waals surface area (Å²) in [5, 5.41) is 18.6. The van der Waals surface area contributed by atoms with Crippen molar-refractivity contribution in [2.75, 3.05) is 26.2 Å². The number of carboxylic acid groups (broad SMARTS) is 1. The smallest absolute Gasteiger partial charge is 0.320 e. The van der Waals surface area contributed by atoms with Gasteiger partial charge in [-0.25, -0.2) is 4.79 Å². The highest BCUT2D eigenvalue weighted by Crippen LogP contribution is 2.23. The highest BCUT2D eigenvalue weighted by molar-refractivity contribution is 5.74. The average molecular weight is 284 g/mol. The van der Waals surface area contributed by atoms with E-state index < -0.39 is 12.1 Å². The molecule has 2 saturated heterocycles. The monoisotopic (exact) mass is 284 g/mol. The van der Waals surface area contributed by atoms with Gasteiger partial charge in [0.15, 0.2) is 0 Å². The van der Waals surface area contributed by atoms with Crippen LogP contribution in [0.5, 0.6) is 0 Å². The summed E-state index contributed by atoms with van der Waals surface area (Å²) in [7, 11) is 0. The molecule has 2 N–H and O–H groups in total. The fourth-order valence-electron chi connectivity index (χ4n) is 3.00. The van der Waals surface area contributed by atoms with Crippen LogP contribution in [0.2, 0.25) is 0 Å². The Hall–Kier alpha value is -1.30. The molecule has 2 heterocycles. The molecule has 2 aliphatic rings. The number of aliphatic hydroxyl groups excluding tert-OH is 1. The molecule has 6 heteroatoms. The molecule has 0 radical (unpaired) electrons. The van der Waals surface area contributed by atoms with Crippen molar-refractivity contribution in [3.63, 3.8) is 0 Å². The Morgan fingerprint density at radius 3 is 2.25 bits per heavy atom. The zero-order chi connectivity index (χ0) is 14.7. The minimum atomic E-state index is -0.761. The number of rotatable bonds is 2. The molecular formula is C14H24N2O4. The second-order valence-electron chi connectivity index (χ2n) is 6.09. The largest absolute Gasteiger partial charge is 0.481 e. The molecular weight excluding hydrogens is 260 g/mol. The second kappa shape index (κ2) is 6.43. The number of amides is 2. The molecule has 114 valence electrons. The van der Waals surface area contributed by atoms with Crippen LogP contribution in [0, 0.1) is 11.8 Å². The Balaban J connectivity index is 1.81. The standard InChI is InChI=1S/C14H24N2O4/c1-10-2-5-16(9-12(10)17)14(20)15-6-3-11(4-7-15)8-13(18)19/h10-12,17H,2-9H2,1H3,(H,18,19). The van der Waals surface area contributed by atoms with Crippen LogP contribution >= 0.6 is 0 Å². The lowest BCUT2D eigenvalue weighted by molar-refractivity contribution is -0.138. The van der Waals surface area contributed by atoms with Gasteiger partial charge in [-0.15, -0.1) is 0 Å². The van der Waals surface area contributed by atoms with E-state index >= 15 is 0 Å². The minimum Gasteiger partial charge on any atom is -0.481 e. The summed E-state index contributed by atoms with van der Waals surface area (Å²) in [6.45, 7) is 4.36. The first kappa shape index (κ1) is 15.1. The number of hydrogen-bond acceptors (Lipinski definition) is 3. The summed E-state index contributed by atoms with van der Waals surface area (Å²) in [6, 6.07) is -0.00951. The number of hydrogen-bond donors (Lipinski definition) is 2. The molecule has 2 unspecified atom stereocenters. The lowest BCUT2D eigenvalue weighted by atomic mass is 9.93. The summed E-state index contributed by atoms with van der Waals surface area (Å²) in [5.41, 5.74) is 0. The Kier molecular flexibility index (Phi) is 4.86. The number of carbonyl (C=O) groups excluding carboxylic acids is 1. The molecule has 0 spiro atoms. The van der Waals surface area contributed by atoms with Gasteiger partial charge in [-0.2, -0.15) is 0 Å². The van der Waals surface area contributed by atoms with Gasteiger partial charge in [0.1, 0.15) is 0 Å². The Morgan fingerprint density at radius 1 is 1.10 bits per heavy atom. The summed E-state index contributed by atoms with van der Waals surface area (Å²) >= 11 is 0. The average Bonchev–Trinajstić information content (AvgIpc) is 2.41. The molecule has 2 aliphatic heterocycles. The lowest BCUT2D eigenvalue weighted by Gasteiger charge is -2.39. The normalized spacial score (nSPS) is 28.5. The number of carboxylic acids is 1. The second-order valence-corrected chi connectivity index (χ2v) is 6.09. The summed E-state index contributed by atoms with van der Waals surface area (Å²) in [5.74, 6) is -0.327. The number of aliphatic hydroxyl groups is 1. The van der Waals surface area contributed by atoms with Crippen LogP contribution in [-0.2, 0) is 4.79 Å². The van der Waals surface area contributed by atoms with E-state index in [0.29, 0.717) is 26.2 Å². The Bertz CT molecular complexity index is 366. The molecule has 0 bridgehead atoms. The molecule has 2 rings (SSSR count). The Labute approximate surface area is 119 Å². The van der Waals surface area contributed by atoms with Gasteiger partial charge in [-0.05, 0) is 31.1 Å². The first-order chi connectivity index (χ1) is 9.47. The van der Waals surface area contributed by atoms with Crippen LogP contribution < -0.4 is 0 Å². The van der Waals surface area contributed by atoms with Gasteiger partial charge in [0, 0.05) is 32.6 Å². The van der Waals surface area contributed by atoms with Crippen molar-refractivity contribution in [3.8, 4) is 0 Å². The van der Waals surface area contributed by atoms with E-state index in [1.807, 2.05) is 6.92 Å². The number of aliphatic carboxylic acids is 1. The van der Waals surface area contributed by atoms with Gasteiger partial charge in [0.2, 0.25) is 0 Å². The minimum absolute atomic E-state index is 0.00951. The predicted molar refractivity (Wildman–Crippen MR) is 73.3 cm³/mol. The molecule has 0 aromatic rings. The molecule has 0 aromatic carbocycles. The van der Waals surface area contributed by atoms with Crippen molar-refractivity contribution in [3.05, 3.63) is 0 Å². The highest BCUT2D eigenvalue weighted by Gasteiger charge is 2.31. The SMILES string of the molecule is CC1CCN(C(=O)N2CCC(CC(=O)O)CC2)CC1O. The maximum absolute atomic E-state index is 12.4. The first-order valence-electron chi connectivity index (χ1n) is 7.41. The van der Waals surface area contributed by atoms with E-state index in [9.17, 15) is 14.7 Å². The van der Waals surface area contributed by atoms with Crippen LogP contribution in [0.15, 0.2) is 0 Å². The molecule has 0 saturated carbocycles. The topological polar surface area (TPSA) is 81.1 Å². The van der Waals surface area contributed by atoms with Crippen LogP contribution in [0.4, 0.5) is 4.79 Å². The molecule has 0 aliphatic carbocycles. The lowest BCUT2D eigenvalue weighted by Crippen LogP contribution is -2.52. The number of likely N-dealkylation sites (tertiary alicyclic amines) is 2. The number of β-amino-alcohol motifs (C(OH)–C–C–N with tert-alkyl or cyclic N) is 1. The van der Waals surface area contributed by atoms with Gasteiger partial charge in [0.25, 0.3) is 0 Å². The summed E-state index contributed by atoms with van der Waals surface area (Å²) in [6.07, 6.45) is 2.11. The first-order valence-corrected chi connectivity index (χ1v) is 7.41. The third-order valence-electron chi connectivity index (χ3n) is 4.54. The van der Waals surface area contributed by atoms with Crippen molar-refractivity contribution in [1.29, 1.82) is 0 Å². The zero-order valence-corrected chi connectivity index (χ0v) is 12.0. The third-order valence-corrected chi connectivity index (χ3v) is 4.54. The van der Waals surface area contributed by atoms with Crippen molar-refractivity contribution in [2.24, 2.45) is 11.8 Å². The van der Waals surface area contributed by atoms with Gasteiger partial charge >= 0.3 is 12.0 Å². The molecule has 2 fully saturated rings. The molecule has 0 aromatic heterocycles. The molecule has 2 amide bonds. The fourth-order valence-corrected chi connectivity index (χ4v) is 3.00. The number of carbonyl (C=O) groups is 2. The molecule has 20 heavy (non-hydrogen) atoms. The van der Waals surface area contributed by atoms with Crippen molar-refractivity contribution in [1.82, 2.24) is 9.80 Å². The van der Waals surface area contributed by atoms with E-state index in [1.54, 1.807) is 9.80 Å². The van der Waals surface area contributed by atoms with Crippen molar-refractivity contribution in [2.45, 2.75) is 38.7 Å². The van der Waals surface area contributed by atoms with Gasteiger partial charge in [-0.3, -0.25) is 4.79 Å². The maximum atomic E-state index is 12.4. The number of urea groups is 1. The number of piperidine rings is 2. The fraction of sp³-hybridized carbons (Fsp3) is 0.857. The van der Waals surface area contributed by atoms with E-state index in [-0.39, 0.29) is 24.3 Å². The van der Waals surface area contributed by atoms with E-state index in [4.69, 9.17) is 5.11 Å². The number of nitrogens with zero attached hydrogens (tertiary/aromatic N) is 2. The third kappa shape index (κ3) is 3.62. The van der Waals surface area contributed by atoms with E-state index in [1.165, 1.54) is 0 Å². The van der Waals surface area contributed by atoms with Crippen LogP contribution in [0.3, 0.4) is 0 Å².